The van der Waals surface area contributed by atoms with Gasteiger partial charge in [-0.25, -0.2) is 9.48 Å². The van der Waals surface area contributed by atoms with Crippen LogP contribution in [0.15, 0.2) is 54.5 Å². The number of hydrogen-bond donors (Lipinski definition) is 1. The van der Waals surface area contributed by atoms with Gasteiger partial charge in [0.25, 0.3) is 0 Å². The van der Waals surface area contributed by atoms with Crippen molar-refractivity contribution in [2.75, 3.05) is 18.5 Å². The Hall–Kier alpha value is -3.09. The highest BCUT2D eigenvalue weighted by molar-refractivity contribution is 5.92. The Morgan fingerprint density at radius 3 is 2.79 bits per heavy atom. The van der Waals surface area contributed by atoms with Crippen molar-refractivity contribution in [2.45, 2.75) is 45.6 Å². The monoisotopic (exact) mass is 396 g/mol. The number of carbonyl (C=O) groups is 1. The molecule has 154 valence electrons. The van der Waals surface area contributed by atoms with E-state index in [9.17, 15) is 4.79 Å². The zero-order valence-electron chi connectivity index (χ0n) is 17.1. The molecule has 2 heterocycles. The lowest BCUT2D eigenvalue weighted by molar-refractivity contribution is -0.138. The Balaban J connectivity index is 1.80. The third-order valence-electron chi connectivity index (χ3n) is 4.81. The van der Waals surface area contributed by atoms with E-state index in [1.807, 2.05) is 31.2 Å². The molecule has 1 aromatic heterocycles. The molecule has 29 heavy (non-hydrogen) atoms. The molecule has 1 unspecified atom stereocenters. The highest BCUT2D eigenvalue weighted by Crippen LogP contribution is 2.35. The van der Waals surface area contributed by atoms with Gasteiger partial charge < -0.3 is 14.8 Å². The zero-order chi connectivity index (χ0) is 20.6. The summed E-state index contributed by atoms with van der Waals surface area (Å²) in [5, 5.41) is 7.43. The van der Waals surface area contributed by atoms with Crippen LogP contribution >= 0.6 is 0 Å². The lowest BCUT2D eigenvalue weighted by Crippen LogP contribution is -2.29. The smallest absolute Gasteiger partial charge is 0.338 e. The van der Waals surface area contributed by atoms with Crippen LogP contribution in [0.5, 0.6) is 5.75 Å². The van der Waals surface area contributed by atoms with Crippen LogP contribution in [0.2, 0.25) is 0 Å². The number of anilines is 1. The molecule has 7 nitrogen and oxygen atoms in total. The SMILES string of the molecule is C=CCOC(=O)C1=C(C)Nc2ncnn2C1c1ccc(OCCCCCC)cc1. The molecule has 1 aliphatic heterocycles. The number of aromatic nitrogens is 3. The summed E-state index contributed by atoms with van der Waals surface area (Å²) in [5.41, 5.74) is 2.10. The first-order valence-corrected chi connectivity index (χ1v) is 10.0. The summed E-state index contributed by atoms with van der Waals surface area (Å²) < 4.78 is 12.8. The van der Waals surface area contributed by atoms with Gasteiger partial charge >= 0.3 is 5.97 Å². The molecule has 0 bridgehead atoms. The maximum atomic E-state index is 12.7. The first kappa shape index (κ1) is 20.6. The fourth-order valence-corrected chi connectivity index (χ4v) is 3.34. The Morgan fingerprint density at radius 1 is 1.28 bits per heavy atom. The molecule has 1 atom stereocenters. The van der Waals surface area contributed by atoms with Crippen molar-refractivity contribution in [1.29, 1.82) is 0 Å². The van der Waals surface area contributed by atoms with Crippen molar-refractivity contribution >= 4 is 11.9 Å². The second-order valence-corrected chi connectivity index (χ2v) is 6.96. The topological polar surface area (TPSA) is 78.3 Å². The summed E-state index contributed by atoms with van der Waals surface area (Å²) >= 11 is 0. The highest BCUT2D eigenvalue weighted by atomic mass is 16.5. The van der Waals surface area contributed by atoms with Gasteiger partial charge in [0.1, 0.15) is 24.7 Å². The summed E-state index contributed by atoms with van der Waals surface area (Å²) in [6, 6.07) is 7.34. The molecular formula is C22H28N4O3. The summed E-state index contributed by atoms with van der Waals surface area (Å²) in [5.74, 6) is 0.996. The predicted molar refractivity (Wildman–Crippen MR) is 112 cm³/mol. The van der Waals surface area contributed by atoms with E-state index in [-0.39, 0.29) is 6.61 Å². The molecule has 0 aliphatic carbocycles. The number of fused-ring (bicyclic) bond motifs is 1. The second kappa shape index (κ2) is 9.91. The molecule has 2 aromatic rings. The normalized spacial score (nSPS) is 15.4. The van der Waals surface area contributed by atoms with Gasteiger partial charge in [0.05, 0.1) is 12.2 Å². The number of nitrogens with zero attached hydrogens (tertiary/aromatic N) is 3. The van der Waals surface area contributed by atoms with Crippen molar-refractivity contribution in [2.24, 2.45) is 0 Å². The maximum Gasteiger partial charge on any atom is 0.338 e. The molecule has 3 rings (SSSR count). The number of rotatable bonds is 10. The van der Waals surface area contributed by atoms with Crippen molar-refractivity contribution < 1.29 is 14.3 Å². The molecule has 0 fully saturated rings. The van der Waals surface area contributed by atoms with E-state index in [1.165, 1.54) is 25.6 Å². The van der Waals surface area contributed by atoms with Gasteiger partial charge in [0.15, 0.2) is 0 Å². The fraction of sp³-hybridized carbons (Fsp3) is 0.409. The summed E-state index contributed by atoms with van der Waals surface area (Å²) in [4.78, 5) is 17.0. The number of unbranched alkanes of at least 4 members (excludes halogenated alkanes) is 3. The number of allylic oxidation sites excluding steroid dienone is 1. The molecule has 1 N–H and O–H groups in total. The van der Waals surface area contributed by atoms with Gasteiger partial charge in [-0.1, -0.05) is 51.0 Å². The number of esters is 1. The van der Waals surface area contributed by atoms with Crippen molar-refractivity contribution in [3.8, 4) is 5.75 Å². The summed E-state index contributed by atoms with van der Waals surface area (Å²) in [6.07, 6.45) is 7.68. The third-order valence-corrected chi connectivity index (χ3v) is 4.81. The molecule has 0 saturated heterocycles. The number of hydrogen-bond acceptors (Lipinski definition) is 6. The van der Waals surface area contributed by atoms with Gasteiger partial charge in [-0.15, -0.1) is 0 Å². The van der Waals surface area contributed by atoms with E-state index in [0.717, 1.165) is 17.7 Å². The van der Waals surface area contributed by atoms with Crippen LogP contribution in [0.4, 0.5) is 5.95 Å². The Morgan fingerprint density at radius 2 is 2.07 bits per heavy atom. The number of carbonyl (C=O) groups excluding carboxylic acids is 1. The highest BCUT2D eigenvalue weighted by Gasteiger charge is 2.34. The molecule has 7 heteroatoms. The minimum atomic E-state index is -0.426. The second-order valence-electron chi connectivity index (χ2n) is 6.96. The molecule has 0 radical (unpaired) electrons. The average Bonchev–Trinajstić information content (AvgIpc) is 3.19. The minimum Gasteiger partial charge on any atom is -0.494 e. The molecule has 0 amide bonds. The zero-order valence-corrected chi connectivity index (χ0v) is 17.1. The number of benzene rings is 1. The average molecular weight is 396 g/mol. The fourth-order valence-electron chi connectivity index (χ4n) is 3.34. The molecular weight excluding hydrogens is 368 g/mol. The standard InChI is InChI=1S/C22H28N4O3/c1-4-6-7-8-14-28-18-11-9-17(10-12-18)20-19(21(27)29-13-5-2)16(3)25-22-23-15-24-26(20)22/h5,9-12,15,20H,2,4,6-8,13-14H2,1,3H3,(H,23,24,25). The molecule has 0 spiro atoms. The van der Waals surface area contributed by atoms with Crippen LogP contribution in [0.25, 0.3) is 0 Å². The van der Waals surface area contributed by atoms with Gasteiger partial charge in [-0.3, -0.25) is 0 Å². The van der Waals surface area contributed by atoms with Gasteiger partial charge in [-0.2, -0.15) is 10.1 Å². The largest absolute Gasteiger partial charge is 0.494 e. The number of ether oxygens (including phenoxy) is 2. The van der Waals surface area contributed by atoms with Crippen molar-refractivity contribution in [3.05, 3.63) is 60.1 Å². The van der Waals surface area contributed by atoms with E-state index < -0.39 is 12.0 Å². The van der Waals surface area contributed by atoms with Crippen molar-refractivity contribution in [1.82, 2.24) is 14.8 Å². The maximum absolute atomic E-state index is 12.7. The van der Waals surface area contributed by atoms with Crippen LogP contribution in [0.3, 0.4) is 0 Å². The molecule has 1 aliphatic rings. The van der Waals surface area contributed by atoms with Crippen LogP contribution in [0.1, 0.15) is 51.1 Å². The Kier molecular flexibility index (Phi) is 7.05. The van der Waals surface area contributed by atoms with Crippen LogP contribution in [-0.4, -0.2) is 33.9 Å². The minimum absolute atomic E-state index is 0.150. The van der Waals surface area contributed by atoms with E-state index in [0.29, 0.717) is 23.8 Å². The quantitative estimate of drug-likeness (QED) is 0.367. The predicted octanol–water partition coefficient (Wildman–Crippen LogP) is 4.26. The Labute approximate surface area is 171 Å². The van der Waals surface area contributed by atoms with E-state index >= 15 is 0 Å². The lowest BCUT2D eigenvalue weighted by Gasteiger charge is -2.28. The third kappa shape index (κ3) is 4.85. The first-order chi connectivity index (χ1) is 14.2. The lowest BCUT2D eigenvalue weighted by atomic mass is 9.96. The van der Waals surface area contributed by atoms with E-state index in [4.69, 9.17) is 9.47 Å². The molecule has 1 aromatic carbocycles. The molecule has 0 saturated carbocycles. The summed E-state index contributed by atoms with van der Waals surface area (Å²) in [6.45, 7) is 8.49. The van der Waals surface area contributed by atoms with Gasteiger partial charge in [0.2, 0.25) is 5.95 Å². The van der Waals surface area contributed by atoms with Crippen LogP contribution < -0.4 is 10.1 Å². The van der Waals surface area contributed by atoms with Gasteiger partial charge in [0, 0.05) is 5.70 Å². The van der Waals surface area contributed by atoms with Gasteiger partial charge in [-0.05, 0) is 31.0 Å². The van der Waals surface area contributed by atoms with Crippen LogP contribution in [-0.2, 0) is 9.53 Å². The number of nitrogens with one attached hydrogen (secondary N) is 1. The first-order valence-electron chi connectivity index (χ1n) is 10.0. The van der Waals surface area contributed by atoms with Crippen LogP contribution in [0, 0.1) is 0 Å². The van der Waals surface area contributed by atoms with E-state index in [2.05, 4.69) is 28.9 Å². The van der Waals surface area contributed by atoms with Crippen molar-refractivity contribution in [3.63, 3.8) is 0 Å². The summed E-state index contributed by atoms with van der Waals surface area (Å²) in [7, 11) is 0. The van der Waals surface area contributed by atoms with E-state index in [1.54, 1.807) is 10.8 Å². The Bertz CT molecular complexity index is 870.